The third-order valence-corrected chi connectivity index (χ3v) is 3.73. The number of anilines is 1. The SMILES string of the molecule is CC(NC1CCN(C)CC1)c1cccc(N)c1F. The molecule has 1 aliphatic heterocycles. The molecule has 0 radical (unpaired) electrons. The molecule has 1 heterocycles. The highest BCUT2D eigenvalue weighted by Crippen LogP contribution is 2.22. The van der Waals surface area contributed by atoms with Crippen LogP contribution in [-0.2, 0) is 0 Å². The quantitative estimate of drug-likeness (QED) is 0.809. The Balaban J connectivity index is 1.99. The number of piperidine rings is 1. The van der Waals surface area contributed by atoms with Gasteiger partial charge in [0.15, 0.2) is 5.82 Å². The van der Waals surface area contributed by atoms with Crippen molar-refractivity contribution in [3.05, 3.63) is 29.6 Å². The Morgan fingerprint density at radius 1 is 1.39 bits per heavy atom. The van der Waals surface area contributed by atoms with Crippen LogP contribution in [0.5, 0.6) is 0 Å². The van der Waals surface area contributed by atoms with Crippen LogP contribution >= 0.6 is 0 Å². The topological polar surface area (TPSA) is 41.3 Å². The first kappa shape index (κ1) is 13.3. The van der Waals surface area contributed by atoms with Crippen molar-refractivity contribution in [2.45, 2.75) is 31.8 Å². The van der Waals surface area contributed by atoms with Gasteiger partial charge in [0.05, 0.1) is 5.69 Å². The van der Waals surface area contributed by atoms with E-state index in [1.165, 1.54) is 0 Å². The van der Waals surface area contributed by atoms with Crippen molar-refractivity contribution >= 4 is 5.69 Å². The molecule has 1 aromatic rings. The molecule has 18 heavy (non-hydrogen) atoms. The van der Waals surface area contributed by atoms with E-state index in [2.05, 4.69) is 17.3 Å². The van der Waals surface area contributed by atoms with E-state index >= 15 is 0 Å². The maximum Gasteiger partial charge on any atom is 0.150 e. The highest BCUT2D eigenvalue weighted by molar-refractivity contribution is 5.43. The average molecular weight is 251 g/mol. The number of benzene rings is 1. The molecule has 0 aliphatic carbocycles. The summed E-state index contributed by atoms with van der Waals surface area (Å²) < 4.78 is 13.9. The first-order chi connectivity index (χ1) is 8.58. The monoisotopic (exact) mass is 251 g/mol. The van der Waals surface area contributed by atoms with E-state index in [-0.39, 0.29) is 17.5 Å². The van der Waals surface area contributed by atoms with Crippen LogP contribution in [-0.4, -0.2) is 31.1 Å². The normalized spacial score (nSPS) is 19.9. The van der Waals surface area contributed by atoms with Crippen LogP contribution in [0.2, 0.25) is 0 Å². The predicted molar refractivity (Wildman–Crippen MR) is 72.9 cm³/mol. The van der Waals surface area contributed by atoms with Crippen molar-refractivity contribution in [1.29, 1.82) is 0 Å². The van der Waals surface area contributed by atoms with E-state index in [0.29, 0.717) is 11.6 Å². The maximum atomic E-state index is 13.9. The summed E-state index contributed by atoms with van der Waals surface area (Å²) in [4.78, 5) is 2.32. The van der Waals surface area contributed by atoms with Gasteiger partial charge in [0.1, 0.15) is 0 Å². The Kier molecular flexibility index (Phi) is 4.19. The van der Waals surface area contributed by atoms with Gasteiger partial charge in [-0.25, -0.2) is 4.39 Å². The largest absolute Gasteiger partial charge is 0.396 e. The molecule has 0 aromatic heterocycles. The number of nitrogens with zero attached hydrogens (tertiary/aromatic N) is 1. The van der Waals surface area contributed by atoms with E-state index in [4.69, 9.17) is 5.73 Å². The molecule has 1 aromatic carbocycles. The van der Waals surface area contributed by atoms with Crippen LogP contribution in [0.4, 0.5) is 10.1 Å². The van der Waals surface area contributed by atoms with Crippen LogP contribution in [0, 0.1) is 5.82 Å². The van der Waals surface area contributed by atoms with E-state index in [1.54, 1.807) is 18.2 Å². The highest BCUT2D eigenvalue weighted by Gasteiger charge is 2.20. The molecule has 0 spiro atoms. The minimum atomic E-state index is -0.287. The molecule has 1 saturated heterocycles. The van der Waals surface area contributed by atoms with Crippen molar-refractivity contribution in [1.82, 2.24) is 10.2 Å². The van der Waals surface area contributed by atoms with Gasteiger partial charge in [-0.15, -0.1) is 0 Å². The maximum absolute atomic E-state index is 13.9. The molecule has 0 saturated carbocycles. The second-order valence-corrected chi connectivity index (χ2v) is 5.22. The predicted octanol–water partition coefficient (Wildman–Crippen LogP) is 2.15. The molecule has 1 unspecified atom stereocenters. The molecule has 2 rings (SSSR count). The number of hydrogen-bond donors (Lipinski definition) is 2. The van der Waals surface area contributed by atoms with Crippen LogP contribution in [0.25, 0.3) is 0 Å². The number of hydrogen-bond acceptors (Lipinski definition) is 3. The van der Waals surface area contributed by atoms with E-state index < -0.39 is 0 Å². The van der Waals surface area contributed by atoms with Crippen molar-refractivity contribution in [2.24, 2.45) is 0 Å². The fourth-order valence-electron chi connectivity index (χ4n) is 2.52. The zero-order valence-electron chi connectivity index (χ0n) is 11.1. The van der Waals surface area contributed by atoms with Gasteiger partial charge in [0.2, 0.25) is 0 Å². The lowest BCUT2D eigenvalue weighted by Crippen LogP contribution is -2.41. The third-order valence-electron chi connectivity index (χ3n) is 3.73. The first-order valence-corrected chi connectivity index (χ1v) is 6.56. The summed E-state index contributed by atoms with van der Waals surface area (Å²) >= 11 is 0. The van der Waals surface area contributed by atoms with Gasteiger partial charge in [0, 0.05) is 17.6 Å². The minimum Gasteiger partial charge on any atom is -0.396 e. The lowest BCUT2D eigenvalue weighted by atomic mass is 10.0. The van der Waals surface area contributed by atoms with Gasteiger partial charge in [-0.1, -0.05) is 12.1 Å². The third kappa shape index (κ3) is 3.00. The molecule has 1 atom stereocenters. The number of nitrogens with two attached hydrogens (primary N) is 1. The van der Waals surface area contributed by atoms with Crippen molar-refractivity contribution in [3.8, 4) is 0 Å². The van der Waals surface area contributed by atoms with Gasteiger partial charge in [-0.05, 0) is 46.0 Å². The summed E-state index contributed by atoms with van der Waals surface area (Å²) in [6.07, 6.45) is 2.23. The molecule has 1 aliphatic rings. The number of likely N-dealkylation sites (tertiary alicyclic amines) is 1. The number of rotatable bonds is 3. The number of nitrogen functional groups attached to an aromatic ring is 1. The average Bonchev–Trinajstić information content (AvgIpc) is 2.35. The lowest BCUT2D eigenvalue weighted by molar-refractivity contribution is 0.226. The first-order valence-electron chi connectivity index (χ1n) is 6.56. The molecule has 4 heteroatoms. The van der Waals surface area contributed by atoms with Crippen LogP contribution < -0.4 is 11.1 Å². The number of halogens is 1. The molecule has 100 valence electrons. The number of nitrogens with one attached hydrogen (secondary N) is 1. The van der Waals surface area contributed by atoms with Crippen molar-refractivity contribution in [2.75, 3.05) is 25.9 Å². The van der Waals surface area contributed by atoms with Crippen LogP contribution in [0.15, 0.2) is 18.2 Å². The molecule has 3 nitrogen and oxygen atoms in total. The molecule has 3 N–H and O–H groups in total. The fraction of sp³-hybridized carbons (Fsp3) is 0.571. The van der Waals surface area contributed by atoms with E-state index in [0.717, 1.165) is 25.9 Å². The smallest absolute Gasteiger partial charge is 0.150 e. The minimum absolute atomic E-state index is 0.00176. The Labute approximate surface area is 108 Å². The summed E-state index contributed by atoms with van der Waals surface area (Å²) in [7, 11) is 2.14. The van der Waals surface area contributed by atoms with Gasteiger partial charge < -0.3 is 16.0 Å². The van der Waals surface area contributed by atoms with Gasteiger partial charge in [0.25, 0.3) is 0 Å². The van der Waals surface area contributed by atoms with Crippen LogP contribution in [0.3, 0.4) is 0 Å². The summed E-state index contributed by atoms with van der Waals surface area (Å²) in [6.45, 7) is 4.20. The zero-order valence-corrected chi connectivity index (χ0v) is 11.1. The Morgan fingerprint density at radius 3 is 2.72 bits per heavy atom. The molecule has 0 amide bonds. The summed E-state index contributed by atoms with van der Waals surface area (Å²) in [6, 6.07) is 5.68. The summed E-state index contributed by atoms with van der Waals surface area (Å²) in [5, 5.41) is 3.50. The zero-order chi connectivity index (χ0) is 13.1. The highest BCUT2D eigenvalue weighted by atomic mass is 19.1. The van der Waals surface area contributed by atoms with Gasteiger partial charge >= 0.3 is 0 Å². The van der Waals surface area contributed by atoms with Gasteiger partial charge in [-0.3, -0.25) is 0 Å². The lowest BCUT2D eigenvalue weighted by Gasteiger charge is -2.31. The van der Waals surface area contributed by atoms with Crippen molar-refractivity contribution < 1.29 is 4.39 Å². The van der Waals surface area contributed by atoms with Gasteiger partial charge in [-0.2, -0.15) is 0 Å². The molecule has 1 fully saturated rings. The van der Waals surface area contributed by atoms with E-state index in [9.17, 15) is 4.39 Å². The van der Waals surface area contributed by atoms with E-state index in [1.807, 2.05) is 6.92 Å². The Bertz CT molecular complexity index is 400. The molecule has 0 bridgehead atoms. The molecular formula is C14H22FN3. The Morgan fingerprint density at radius 2 is 2.06 bits per heavy atom. The van der Waals surface area contributed by atoms with Crippen molar-refractivity contribution in [3.63, 3.8) is 0 Å². The fourth-order valence-corrected chi connectivity index (χ4v) is 2.52. The standard InChI is InChI=1S/C14H22FN3/c1-10(12-4-3-5-13(16)14(12)15)17-11-6-8-18(2)9-7-11/h3-5,10-11,17H,6-9,16H2,1-2H3. The van der Waals surface area contributed by atoms with Crippen LogP contribution in [0.1, 0.15) is 31.4 Å². The second-order valence-electron chi connectivity index (χ2n) is 5.22. The summed E-state index contributed by atoms with van der Waals surface area (Å²) in [5.41, 5.74) is 6.49. The molecular weight excluding hydrogens is 229 g/mol. The summed E-state index contributed by atoms with van der Waals surface area (Å²) in [5.74, 6) is -0.287. The Hall–Kier alpha value is -1.13. The second kappa shape index (κ2) is 5.67.